The number of anilines is 2. The highest BCUT2D eigenvalue weighted by molar-refractivity contribution is 5.59. The number of aromatic nitrogens is 1. The van der Waals surface area contributed by atoms with Crippen molar-refractivity contribution in [2.24, 2.45) is 0 Å². The third-order valence-electron chi connectivity index (χ3n) is 1.86. The Morgan fingerprint density at radius 3 is 2.76 bits per heavy atom. The van der Waals surface area contributed by atoms with Crippen LogP contribution in [0.2, 0.25) is 0 Å². The van der Waals surface area contributed by atoms with Crippen LogP contribution in [0.25, 0.3) is 0 Å². The second-order valence-corrected chi connectivity index (χ2v) is 3.14. The molecule has 1 rings (SSSR count). The second-order valence-electron chi connectivity index (χ2n) is 3.14. The summed E-state index contributed by atoms with van der Waals surface area (Å²) in [5, 5.41) is 21.7. The van der Waals surface area contributed by atoms with Gasteiger partial charge in [0.1, 0.15) is 11.9 Å². The molecule has 0 bridgehead atoms. The van der Waals surface area contributed by atoms with Gasteiger partial charge in [0.2, 0.25) is 5.82 Å². The molecule has 0 amide bonds. The number of aliphatic hydroxyl groups excluding tert-OH is 1. The fraction of sp³-hybridized carbons (Fsp3) is 0.375. The first-order valence-corrected chi connectivity index (χ1v) is 4.53. The molecule has 0 aliphatic carbocycles. The van der Waals surface area contributed by atoms with Gasteiger partial charge in [-0.2, -0.15) is 0 Å². The van der Waals surface area contributed by atoms with Crippen LogP contribution in [0, 0.1) is 10.1 Å². The molecule has 94 valence electrons. The molecule has 17 heavy (non-hydrogen) atoms. The third kappa shape index (κ3) is 3.48. The molecule has 1 atom stereocenters. The smallest absolute Gasteiger partial charge is 0.311 e. The summed E-state index contributed by atoms with van der Waals surface area (Å²) in [5.74, 6) is -0.251. The van der Waals surface area contributed by atoms with E-state index in [1.165, 1.54) is 6.07 Å². The maximum Gasteiger partial charge on any atom is 0.311 e. The zero-order valence-corrected chi connectivity index (χ0v) is 8.51. The lowest BCUT2D eigenvalue weighted by molar-refractivity contribution is -0.384. The number of nitrogens with one attached hydrogen (secondary N) is 1. The van der Waals surface area contributed by atoms with Crippen LogP contribution in [0.3, 0.4) is 0 Å². The summed E-state index contributed by atoms with van der Waals surface area (Å²) in [6, 6.07) is 2.31. The zero-order chi connectivity index (χ0) is 13.0. The first kappa shape index (κ1) is 13.0. The number of hydrogen-bond donors (Lipinski definition) is 3. The van der Waals surface area contributed by atoms with Gasteiger partial charge in [-0.3, -0.25) is 10.1 Å². The Labute approximate surface area is 94.4 Å². The maximum absolute atomic E-state index is 12.0. The van der Waals surface area contributed by atoms with Gasteiger partial charge in [-0.25, -0.2) is 13.8 Å². The second kappa shape index (κ2) is 5.34. The molecular formula is C8H10F2N4O3. The number of nitrogens with zero attached hydrogens (tertiary/aromatic N) is 2. The van der Waals surface area contributed by atoms with Crippen molar-refractivity contribution in [2.75, 3.05) is 17.6 Å². The minimum Gasteiger partial charge on any atom is -0.385 e. The van der Waals surface area contributed by atoms with Crippen LogP contribution in [0.4, 0.5) is 26.1 Å². The first-order valence-electron chi connectivity index (χ1n) is 4.53. The number of nitro groups is 1. The molecule has 0 aromatic carbocycles. The molecule has 0 saturated heterocycles. The lowest BCUT2D eigenvalue weighted by Crippen LogP contribution is -2.27. The predicted molar refractivity (Wildman–Crippen MR) is 55.8 cm³/mol. The molecule has 1 unspecified atom stereocenters. The van der Waals surface area contributed by atoms with Crippen molar-refractivity contribution >= 4 is 17.3 Å². The minimum absolute atomic E-state index is 0.00429. The van der Waals surface area contributed by atoms with Crippen LogP contribution in [-0.4, -0.2) is 34.1 Å². The lowest BCUT2D eigenvalue weighted by atomic mass is 10.3. The molecule has 1 aromatic rings. The number of hydrogen-bond acceptors (Lipinski definition) is 6. The van der Waals surface area contributed by atoms with E-state index in [9.17, 15) is 18.9 Å². The van der Waals surface area contributed by atoms with Crippen molar-refractivity contribution in [3.05, 3.63) is 22.2 Å². The van der Waals surface area contributed by atoms with E-state index in [4.69, 9.17) is 10.8 Å². The molecular weight excluding hydrogens is 238 g/mol. The van der Waals surface area contributed by atoms with Gasteiger partial charge in [0.15, 0.2) is 0 Å². The number of aliphatic hydroxyl groups is 1. The van der Waals surface area contributed by atoms with Crippen LogP contribution < -0.4 is 11.1 Å². The number of rotatable bonds is 5. The quantitative estimate of drug-likeness (QED) is 0.519. The number of alkyl halides is 2. The van der Waals surface area contributed by atoms with Gasteiger partial charge in [-0.15, -0.1) is 0 Å². The van der Waals surface area contributed by atoms with Gasteiger partial charge >= 0.3 is 5.69 Å². The maximum atomic E-state index is 12.0. The predicted octanol–water partition coefficient (Wildman–Crippen LogP) is 0.610. The molecule has 0 radical (unpaired) electrons. The van der Waals surface area contributed by atoms with Crippen molar-refractivity contribution in [3.63, 3.8) is 0 Å². The summed E-state index contributed by atoms with van der Waals surface area (Å²) in [6.45, 7) is -0.561. The van der Waals surface area contributed by atoms with E-state index in [1.807, 2.05) is 0 Å². The first-order chi connectivity index (χ1) is 7.91. The van der Waals surface area contributed by atoms with Crippen LogP contribution in [0.5, 0.6) is 0 Å². The molecule has 0 fully saturated rings. The number of nitrogens with two attached hydrogens (primary N) is 1. The molecule has 0 spiro atoms. The van der Waals surface area contributed by atoms with Crippen molar-refractivity contribution in [2.45, 2.75) is 12.5 Å². The van der Waals surface area contributed by atoms with Gasteiger partial charge in [0.05, 0.1) is 4.92 Å². The van der Waals surface area contributed by atoms with E-state index >= 15 is 0 Å². The number of nitrogen functional groups attached to an aromatic ring is 1. The van der Waals surface area contributed by atoms with Gasteiger partial charge < -0.3 is 16.2 Å². The topological polar surface area (TPSA) is 114 Å². The summed E-state index contributed by atoms with van der Waals surface area (Å²) in [7, 11) is 0. The van der Waals surface area contributed by atoms with Crippen LogP contribution >= 0.6 is 0 Å². The van der Waals surface area contributed by atoms with Crippen LogP contribution in [0.1, 0.15) is 0 Å². The Bertz CT molecular complexity index is 416. The largest absolute Gasteiger partial charge is 0.385 e. The average molecular weight is 248 g/mol. The van der Waals surface area contributed by atoms with Crippen molar-refractivity contribution < 1.29 is 18.8 Å². The van der Waals surface area contributed by atoms with E-state index in [-0.39, 0.29) is 11.6 Å². The molecule has 9 heteroatoms. The molecule has 4 N–H and O–H groups in total. The molecule has 7 nitrogen and oxygen atoms in total. The van der Waals surface area contributed by atoms with E-state index in [1.54, 1.807) is 0 Å². The Hall–Kier alpha value is -2.03. The van der Waals surface area contributed by atoms with Crippen molar-refractivity contribution in [1.82, 2.24) is 4.98 Å². The summed E-state index contributed by atoms with van der Waals surface area (Å²) in [4.78, 5) is 13.4. The summed E-state index contributed by atoms with van der Waals surface area (Å²) in [5.41, 5.74) is 4.91. The minimum atomic E-state index is -2.94. The fourth-order valence-electron chi connectivity index (χ4n) is 1.03. The van der Waals surface area contributed by atoms with Crippen LogP contribution in [-0.2, 0) is 0 Å². The van der Waals surface area contributed by atoms with Crippen LogP contribution in [0.15, 0.2) is 12.1 Å². The van der Waals surface area contributed by atoms with Gasteiger partial charge in [0.25, 0.3) is 6.43 Å². The van der Waals surface area contributed by atoms with Gasteiger partial charge in [-0.1, -0.05) is 0 Å². The monoisotopic (exact) mass is 248 g/mol. The number of halogens is 2. The zero-order valence-electron chi connectivity index (χ0n) is 8.51. The van der Waals surface area contributed by atoms with Gasteiger partial charge in [0, 0.05) is 12.6 Å². The summed E-state index contributed by atoms with van der Waals surface area (Å²) < 4.78 is 24.0. The highest BCUT2D eigenvalue weighted by Gasteiger charge is 2.20. The Kier molecular flexibility index (Phi) is 4.10. The lowest BCUT2D eigenvalue weighted by Gasteiger charge is -2.11. The Morgan fingerprint density at radius 1 is 1.59 bits per heavy atom. The van der Waals surface area contributed by atoms with E-state index in [0.717, 1.165) is 6.07 Å². The molecule has 0 saturated carbocycles. The summed E-state index contributed by atoms with van der Waals surface area (Å²) >= 11 is 0. The molecule has 0 aliphatic heterocycles. The van der Waals surface area contributed by atoms with E-state index < -0.39 is 29.7 Å². The molecule has 1 aromatic heterocycles. The fourth-order valence-corrected chi connectivity index (χ4v) is 1.03. The van der Waals surface area contributed by atoms with E-state index in [2.05, 4.69) is 10.3 Å². The van der Waals surface area contributed by atoms with Crippen molar-refractivity contribution in [1.29, 1.82) is 0 Å². The van der Waals surface area contributed by atoms with Gasteiger partial charge in [-0.05, 0) is 6.07 Å². The third-order valence-corrected chi connectivity index (χ3v) is 1.86. The molecule has 1 heterocycles. The Morgan fingerprint density at radius 2 is 2.24 bits per heavy atom. The highest BCUT2D eigenvalue weighted by atomic mass is 19.3. The Balaban J connectivity index is 2.82. The molecule has 0 aliphatic rings. The summed E-state index contributed by atoms with van der Waals surface area (Å²) in [6.07, 6.45) is -4.87. The van der Waals surface area contributed by atoms with E-state index in [0.29, 0.717) is 0 Å². The SMILES string of the molecule is Nc1ccc([N+](=O)[O-])c(NCC(O)C(F)F)n1. The van der Waals surface area contributed by atoms with Crippen molar-refractivity contribution in [3.8, 4) is 0 Å². The standard InChI is InChI=1S/C8H10F2N4O3/c9-7(10)5(15)3-12-8-4(14(16)17)1-2-6(11)13-8/h1-2,5,7,15H,3H2,(H3,11,12,13). The normalized spacial score (nSPS) is 12.5. The average Bonchev–Trinajstić information content (AvgIpc) is 2.25. The highest BCUT2D eigenvalue weighted by Crippen LogP contribution is 2.22. The number of pyridine rings is 1.